The van der Waals surface area contributed by atoms with Gasteiger partial charge in [0.1, 0.15) is 5.78 Å². The quantitative estimate of drug-likeness (QED) is 0.634. The van der Waals surface area contributed by atoms with Gasteiger partial charge in [-0.2, -0.15) is 0 Å². The van der Waals surface area contributed by atoms with Crippen molar-refractivity contribution in [3.05, 3.63) is 12.2 Å². The highest BCUT2D eigenvalue weighted by atomic mass is 16.3. The first kappa shape index (κ1) is 17.3. The van der Waals surface area contributed by atoms with Crippen LogP contribution in [-0.2, 0) is 14.4 Å². The van der Waals surface area contributed by atoms with Gasteiger partial charge < -0.3 is 5.11 Å². The van der Waals surface area contributed by atoms with E-state index in [0.29, 0.717) is 38.5 Å². The maximum atomic E-state index is 12.9. The molecule has 0 aromatic heterocycles. The zero-order valence-electron chi connectivity index (χ0n) is 14.5. The average Bonchev–Trinajstić information content (AvgIpc) is 2.78. The zero-order chi connectivity index (χ0) is 17.6. The second-order valence-corrected chi connectivity index (χ2v) is 7.86. The van der Waals surface area contributed by atoms with Gasteiger partial charge in [0.25, 0.3) is 0 Å². The molecule has 3 fully saturated rings. The predicted octanol–water partition coefficient (Wildman–Crippen LogP) is 2.08. The van der Waals surface area contributed by atoms with Crippen LogP contribution in [0.1, 0.15) is 52.4 Å². The molecule has 4 atom stereocenters. The SMILES string of the molecule is C=C(C)C1CC2C(=O)N(C3CCC(O)CC3)C(=O)C2CC1C(C)=O. The number of imide groups is 1. The fourth-order valence-corrected chi connectivity index (χ4v) is 4.89. The molecule has 0 aromatic rings. The molecule has 5 nitrogen and oxygen atoms in total. The van der Waals surface area contributed by atoms with E-state index in [2.05, 4.69) is 6.58 Å². The van der Waals surface area contributed by atoms with Crippen molar-refractivity contribution in [2.45, 2.75) is 64.5 Å². The topological polar surface area (TPSA) is 74.7 Å². The largest absolute Gasteiger partial charge is 0.393 e. The molecule has 3 rings (SSSR count). The van der Waals surface area contributed by atoms with Crippen LogP contribution in [0.25, 0.3) is 0 Å². The number of nitrogens with zero attached hydrogens (tertiary/aromatic N) is 1. The molecule has 2 saturated carbocycles. The summed E-state index contributed by atoms with van der Waals surface area (Å²) in [6.45, 7) is 7.47. The molecular weight excluding hydrogens is 306 g/mol. The fraction of sp³-hybridized carbons (Fsp3) is 0.737. The van der Waals surface area contributed by atoms with E-state index in [0.717, 1.165) is 5.57 Å². The minimum absolute atomic E-state index is 0.00590. The lowest BCUT2D eigenvalue weighted by atomic mass is 9.66. The van der Waals surface area contributed by atoms with Crippen molar-refractivity contribution >= 4 is 17.6 Å². The summed E-state index contributed by atoms with van der Waals surface area (Å²) in [5, 5.41) is 9.66. The van der Waals surface area contributed by atoms with Gasteiger partial charge in [-0.3, -0.25) is 19.3 Å². The van der Waals surface area contributed by atoms with Gasteiger partial charge in [-0.1, -0.05) is 12.2 Å². The van der Waals surface area contributed by atoms with Crippen LogP contribution >= 0.6 is 0 Å². The average molecular weight is 333 g/mol. The van der Waals surface area contributed by atoms with E-state index in [9.17, 15) is 19.5 Å². The molecule has 1 saturated heterocycles. The summed E-state index contributed by atoms with van der Waals surface area (Å²) in [5.41, 5.74) is 0.924. The third-order valence-electron chi connectivity index (χ3n) is 6.28. The first-order valence-electron chi connectivity index (χ1n) is 9.02. The van der Waals surface area contributed by atoms with E-state index >= 15 is 0 Å². The molecule has 2 amide bonds. The first-order valence-corrected chi connectivity index (χ1v) is 9.02. The number of fused-ring (bicyclic) bond motifs is 1. The van der Waals surface area contributed by atoms with Crippen molar-refractivity contribution in [2.24, 2.45) is 23.7 Å². The van der Waals surface area contributed by atoms with Crippen molar-refractivity contribution in [1.82, 2.24) is 4.90 Å². The number of amides is 2. The lowest BCUT2D eigenvalue weighted by Gasteiger charge is -2.35. The second-order valence-electron chi connectivity index (χ2n) is 7.86. The standard InChI is InChI=1S/C19H27NO4/c1-10(2)14-8-16-17(9-15(14)11(3)21)19(24)20(18(16)23)12-4-6-13(22)7-5-12/h12-17,22H,1,4-9H2,2-3H3. The number of rotatable bonds is 3. The molecule has 5 heteroatoms. The zero-order valence-corrected chi connectivity index (χ0v) is 14.5. The summed E-state index contributed by atoms with van der Waals surface area (Å²) in [4.78, 5) is 39.3. The summed E-state index contributed by atoms with van der Waals surface area (Å²) in [6.07, 6.45) is 3.35. The molecule has 1 aliphatic heterocycles. The molecule has 4 unspecified atom stereocenters. The van der Waals surface area contributed by atoms with E-state index in [1.165, 1.54) is 4.90 Å². The summed E-state index contributed by atoms with van der Waals surface area (Å²) >= 11 is 0. The van der Waals surface area contributed by atoms with E-state index in [4.69, 9.17) is 0 Å². The van der Waals surface area contributed by atoms with Gasteiger partial charge >= 0.3 is 0 Å². The molecule has 1 heterocycles. The summed E-state index contributed by atoms with van der Waals surface area (Å²) in [6, 6.07) is -0.0851. The monoisotopic (exact) mass is 333 g/mol. The number of hydrogen-bond donors (Lipinski definition) is 1. The normalized spacial score (nSPS) is 39.7. The van der Waals surface area contributed by atoms with Crippen molar-refractivity contribution in [2.75, 3.05) is 0 Å². The first-order chi connectivity index (χ1) is 11.3. The number of hydrogen-bond acceptors (Lipinski definition) is 4. The number of Topliss-reactive ketones (excluding diaryl/α,β-unsaturated/α-hetero) is 1. The van der Waals surface area contributed by atoms with Crippen molar-refractivity contribution in [1.29, 1.82) is 0 Å². The number of allylic oxidation sites excluding steroid dienone is 1. The number of ketones is 1. The Balaban J connectivity index is 1.82. The van der Waals surface area contributed by atoms with Crippen LogP contribution < -0.4 is 0 Å². The Labute approximate surface area is 143 Å². The maximum absolute atomic E-state index is 12.9. The Morgan fingerprint density at radius 2 is 1.50 bits per heavy atom. The van der Waals surface area contributed by atoms with Crippen LogP contribution in [0.15, 0.2) is 12.2 Å². The highest BCUT2D eigenvalue weighted by Crippen LogP contribution is 2.47. The third kappa shape index (κ3) is 2.83. The van der Waals surface area contributed by atoms with Crippen molar-refractivity contribution in [3.8, 4) is 0 Å². The molecule has 3 aliphatic rings. The van der Waals surface area contributed by atoms with E-state index in [1.54, 1.807) is 6.92 Å². The molecule has 0 aromatic carbocycles. The molecule has 2 aliphatic carbocycles. The van der Waals surface area contributed by atoms with Gasteiger partial charge in [0.05, 0.1) is 17.9 Å². The molecule has 24 heavy (non-hydrogen) atoms. The van der Waals surface area contributed by atoms with Gasteiger partial charge in [-0.15, -0.1) is 0 Å². The maximum Gasteiger partial charge on any atom is 0.233 e. The van der Waals surface area contributed by atoms with Crippen LogP contribution in [-0.4, -0.2) is 39.7 Å². The van der Waals surface area contributed by atoms with Gasteiger partial charge in [-0.05, 0) is 58.3 Å². The molecule has 0 spiro atoms. The van der Waals surface area contributed by atoms with Gasteiger partial charge in [-0.25, -0.2) is 0 Å². The lowest BCUT2D eigenvalue weighted by Crippen LogP contribution is -2.43. The lowest BCUT2D eigenvalue weighted by molar-refractivity contribution is -0.144. The van der Waals surface area contributed by atoms with Crippen molar-refractivity contribution in [3.63, 3.8) is 0 Å². The van der Waals surface area contributed by atoms with Crippen LogP contribution in [0.2, 0.25) is 0 Å². The van der Waals surface area contributed by atoms with Gasteiger partial charge in [0.2, 0.25) is 11.8 Å². The van der Waals surface area contributed by atoms with Crippen molar-refractivity contribution < 1.29 is 19.5 Å². The Morgan fingerprint density at radius 3 is 1.96 bits per heavy atom. The van der Waals surface area contributed by atoms with Gasteiger partial charge in [0.15, 0.2) is 0 Å². The Bertz CT molecular complexity index is 536. The third-order valence-corrected chi connectivity index (χ3v) is 6.28. The highest BCUT2D eigenvalue weighted by Gasteiger charge is 2.55. The summed E-state index contributed by atoms with van der Waals surface area (Å²) < 4.78 is 0. The molecule has 0 radical (unpaired) electrons. The predicted molar refractivity (Wildman–Crippen MR) is 88.8 cm³/mol. The van der Waals surface area contributed by atoms with Crippen LogP contribution in [0.3, 0.4) is 0 Å². The Kier molecular flexibility index (Phi) is 4.65. The Hall–Kier alpha value is -1.49. The Morgan fingerprint density at radius 1 is 1.00 bits per heavy atom. The van der Waals surface area contributed by atoms with E-state index in [1.807, 2.05) is 6.92 Å². The number of aliphatic hydroxyl groups is 1. The van der Waals surface area contributed by atoms with Crippen LogP contribution in [0, 0.1) is 23.7 Å². The highest BCUT2D eigenvalue weighted by molar-refractivity contribution is 6.06. The summed E-state index contributed by atoms with van der Waals surface area (Å²) in [7, 11) is 0. The summed E-state index contributed by atoms with van der Waals surface area (Å²) in [5.74, 6) is -0.948. The minimum atomic E-state index is -0.353. The number of aliphatic hydroxyl groups excluding tert-OH is 1. The number of carbonyl (C=O) groups excluding carboxylic acids is 3. The van der Waals surface area contributed by atoms with E-state index in [-0.39, 0.29) is 53.4 Å². The van der Waals surface area contributed by atoms with Crippen LogP contribution in [0.5, 0.6) is 0 Å². The second kappa shape index (κ2) is 6.43. The minimum Gasteiger partial charge on any atom is -0.393 e. The molecule has 0 bridgehead atoms. The van der Waals surface area contributed by atoms with Gasteiger partial charge in [0, 0.05) is 12.0 Å². The van der Waals surface area contributed by atoms with E-state index < -0.39 is 0 Å². The van der Waals surface area contributed by atoms with Crippen LogP contribution in [0.4, 0.5) is 0 Å². The molecule has 132 valence electrons. The number of likely N-dealkylation sites (tertiary alicyclic amines) is 1. The molecule has 1 N–H and O–H groups in total. The number of carbonyl (C=O) groups is 3. The fourth-order valence-electron chi connectivity index (χ4n) is 4.89. The smallest absolute Gasteiger partial charge is 0.233 e. The molecular formula is C19H27NO4.